The van der Waals surface area contributed by atoms with Crippen LogP contribution in [0.2, 0.25) is 5.02 Å². The number of fused-ring (bicyclic) bond motifs is 1. The van der Waals surface area contributed by atoms with Gasteiger partial charge in [-0.2, -0.15) is 0 Å². The lowest BCUT2D eigenvalue weighted by Crippen LogP contribution is -2.46. The predicted octanol–water partition coefficient (Wildman–Crippen LogP) is 4.08. The second-order valence-corrected chi connectivity index (χ2v) is 8.72. The van der Waals surface area contributed by atoms with Gasteiger partial charge in [-0.25, -0.2) is 4.79 Å². The van der Waals surface area contributed by atoms with E-state index in [0.717, 1.165) is 12.0 Å². The molecule has 0 saturated carbocycles. The fraction of sp³-hybridized carbons (Fsp3) is 0.346. The van der Waals surface area contributed by atoms with Crippen LogP contribution in [-0.4, -0.2) is 47.3 Å². The summed E-state index contributed by atoms with van der Waals surface area (Å²) in [6, 6.07) is 15.3. The first kappa shape index (κ1) is 23.1. The SMILES string of the molecule is CCOC(=O)C1=C(C)N(CC(=O)N2CCc3ccccc3C2)C(=O)CC1c1ccccc1Cl. The number of carbonyl (C=O) groups excluding carboxylic acids is 3. The molecule has 0 bridgehead atoms. The quantitative estimate of drug-likeness (QED) is 0.623. The van der Waals surface area contributed by atoms with E-state index in [0.29, 0.717) is 34.9 Å². The molecule has 0 aliphatic carbocycles. The molecule has 2 heterocycles. The molecule has 0 spiro atoms. The Labute approximate surface area is 198 Å². The minimum atomic E-state index is -0.515. The molecule has 0 N–H and O–H groups in total. The Morgan fingerprint density at radius 2 is 1.79 bits per heavy atom. The molecule has 2 aromatic rings. The van der Waals surface area contributed by atoms with Crippen LogP contribution in [0, 0.1) is 0 Å². The molecule has 4 rings (SSSR count). The topological polar surface area (TPSA) is 66.9 Å². The van der Waals surface area contributed by atoms with E-state index in [9.17, 15) is 14.4 Å². The van der Waals surface area contributed by atoms with E-state index in [1.807, 2.05) is 30.3 Å². The first-order valence-electron chi connectivity index (χ1n) is 11.2. The number of benzene rings is 2. The number of nitrogens with zero attached hydrogens (tertiary/aromatic N) is 2. The molecule has 2 amide bonds. The van der Waals surface area contributed by atoms with E-state index < -0.39 is 11.9 Å². The third-order valence-corrected chi connectivity index (χ3v) is 6.72. The lowest BCUT2D eigenvalue weighted by molar-refractivity contribution is -0.142. The maximum Gasteiger partial charge on any atom is 0.336 e. The van der Waals surface area contributed by atoms with Crippen LogP contribution in [0.25, 0.3) is 0 Å². The highest BCUT2D eigenvalue weighted by molar-refractivity contribution is 6.31. The molecule has 1 unspecified atom stereocenters. The maximum atomic E-state index is 13.2. The van der Waals surface area contributed by atoms with Gasteiger partial charge in [0.25, 0.3) is 0 Å². The molecule has 0 aromatic heterocycles. The summed E-state index contributed by atoms with van der Waals surface area (Å²) in [5.41, 5.74) is 3.90. The third-order valence-electron chi connectivity index (χ3n) is 6.38. The Morgan fingerprint density at radius 1 is 1.09 bits per heavy atom. The number of esters is 1. The highest BCUT2D eigenvalue weighted by atomic mass is 35.5. The molecule has 2 aliphatic heterocycles. The lowest BCUT2D eigenvalue weighted by Gasteiger charge is -2.36. The molecule has 7 heteroatoms. The van der Waals surface area contributed by atoms with Crippen LogP contribution in [0.4, 0.5) is 0 Å². The Hall–Kier alpha value is -3.12. The van der Waals surface area contributed by atoms with E-state index in [4.69, 9.17) is 16.3 Å². The lowest BCUT2D eigenvalue weighted by atomic mass is 9.83. The molecule has 0 fully saturated rings. The van der Waals surface area contributed by atoms with Crippen molar-refractivity contribution in [2.75, 3.05) is 19.7 Å². The van der Waals surface area contributed by atoms with Crippen molar-refractivity contribution in [2.24, 2.45) is 0 Å². The largest absolute Gasteiger partial charge is 0.463 e. The Balaban J connectivity index is 1.62. The summed E-state index contributed by atoms with van der Waals surface area (Å²) in [6.07, 6.45) is 0.832. The Morgan fingerprint density at radius 3 is 2.52 bits per heavy atom. The van der Waals surface area contributed by atoms with Crippen LogP contribution >= 0.6 is 11.6 Å². The molecular weight excluding hydrogens is 440 g/mol. The van der Waals surface area contributed by atoms with Gasteiger partial charge in [0.1, 0.15) is 6.54 Å². The van der Waals surface area contributed by atoms with Crippen LogP contribution in [0.5, 0.6) is 0 Å². The van der Waals surface area contributed by atoms with Gasteiger partial charge in [0.2, 0.25) is 11.8 Å². The van der Waals surface area contributed by atoms with Crippen molar-refractivity contribution in [1.82, 2.24) is 9.80 Å². The monoisotopic (exact) mass is 466 g/mol. The first-order chi connectivity index (χ1) is 15.9. The van der Waals surface area contributed by atoms with Crippen molar-refractivity contribution >= 4 is 29.4 Å². The standard InChI is InChI=1S/C26H27ClN2O4/c1-3-33-26(32)25-17(2)29(23(30)14-21(25)20-10-6-7-11-22(20)27)16-24(31)28-13-12-18-8-4-5-9-19(18)15-28/h4-11,21H,3,12-16H2,1-2H3. The summed E-state index contributed by atoms with van der Waals surface area (Å²) in [7, 11) is 0. The van der Waals surface area contributed by atoms with Crippen LogP contribution in [0.1, 0.15) is 42.9 Å². The highest BCUT2D eigenvalue weighted by Crippen LogP contribution is 2.39. The molecule has 0 radical (unpaired) electrons. The van der Waals surface area contributed by atoms with Crippen molar-refractivity contribution in [3.8, 4) is 0 Å². The minimum absolute atomic E-state index is 0.0470. The summed E-state index contributed by atoms with van der Waals surface area (Å²) < 4.78 is 5.31. The van der Waals surface area contributed by atoms with Gasteiger partial charge in [0.05, 0.1) is 12.2 Å². The Bertz CT molecular complexity index is 1130. The zero-order valence-electron chi connectivity index (χ0n) is 18.8. The van der Waals surface area contributed by atoms with Crippen molar-refractivity contribution in [2.45, 2.75) is 39.2 Å². The van der Waals surface area contributed by atoms with Gasteiger partial charge in [0, 0.05) is 36.1 Å². The van der Waals surface area contributed by atoms with Gasteiger partial charge >= 0.3 is 5.97 Å². The summed E-state index contributed by atoms with van der Waals surface area (Å²) in [4.78, 5) is 42.4. The van der Waals surface area contributed by atoms with Crippen LogP contribution in [0.3, 0.4) is 0 Å². The second-order valence-electron chi connectivity index (χ2n) is 8.31. The number of rotatable bonds is 5. The average Bonchev–Trinajstić information content (AvgIpc) is 2.81. The molecule has 0 saturated heterocycles. The summed E-state index contributed by atoms with van der Waals surface area (Å²) >= 11 is 6.40. The second kappa shape index (κ2) is 9.79. The van der Waals surface area contributed by atoms with Gasteiger partial charge in [-0.1, -0.05) is 54.1 Å². The van der Waals surface area contributed by atoms with Crippen molar-refractivity contribution in [3.05, 3.63) is 81.5 Å². The number of carbonyl (C=O) groups is 3. The van der Waals surface area contributed by atoms with Crippen LogP contribution in [-0.2, 0) is 32.1 Å². The average molecular weight is 467 g/mol. The third kappa shape index (κ3) is 4.67. The van der Waals surface area contributed by atoms with Gasteiger partial charge < -0.3 is 14.5 Å². The zero-order valence-corrected chi connectivity index (χ0v) is 19.6. The Kier molecular flexibility index (Phi) is 6.84. The highest BCUT2D eigenvalue weighted by Gasteiger charge is 2.38. The molecule has 2 aliphatic rings. The van der Waals surface area contributed by atoms with Crippen LogP contribution in [0.15, 0.2) is 59.8 Å². The van der Waals surface area contributed by atoms with Gasteiger partial charge in [-0.15, -0.1) is 0 Å². The fourth-order valence-electron chi connectivity index (χ4n) is 4.64. The number of allylic oxidation sites excluding steroid dienone is 1. The minimum Gasteiger partial charge on any atom is -0.463 e. The van der Waals surface area contributed by atoms with Gasteiger partial charge in [-0.05, 0) is 43.0 Å². The summed E-state index contributed by atoms with van der Waals surface area (Å²) in [6.45, 7) is 4.67. The number of amides is 2. The van der Waals surface area contributed by atoms with Crippen molar-refractivity contribution < 1.29 is 19.1 Å². The van der Waals surface area contributed by atoms with Crippen molar-refractivity contribution in [3.63, 3.8) is 0 Å². The van der Waals surface area contributed by atoms with E-state index in [2.05, 4.69) is 6.07 Å². The summed E-state index contributed by atoms with van der Waals surface area (Å²) in [5.74, 6) is -1.36. The first-order valence-corrected chi connectivity index (χ1v) is 11.6. The van der Waals surface area contributed by atoms with Crippen molar-refractivity contribution in [1.29, 1.82) is 0 Å². The smallest absolute Gasteiger partial charge is 0.336 e. The van der Waals surface area contributed by atoms with E-state index in [-0.39, 0.29) is 31.4 Å². The fourth-order valence-corrected chi connectivity index (χ4v) is 4.91. The predicted molar refractivity (Wildman–Crippen MR) is 125 cm³/mol. The van der Waals surface area contributed by atoms with Gasteiger partial charge in [0.15, 0.2) is 0 Å². The van der Waals surface area contributed by atoms with Crippen LogP contribution < -0.4 is 0 Å². The molecule has 6 nitrogen and oxygen atoms in total. The molecular formula is C26H27ClN2O4. The molecule has 2 aromatic carbocycles. The number of halogens is 1. The van der Waals surface area contributed by atoms with E-state index >= 15 is 0 Å². The number of hydrogen-bond donors (Lipinski definition) is 0. The molecule has 1 atom stereocenters. The summed E-state index contributed by atoms with van der Waals surface area (Å²) in [5, 5.41) is 0.487. The van der Waals surface area contributed by atoms with Gasteiger partial charge in [-0.3, -0.25) is 9.59 Å². The number of hydrogen-bond acceptors (Lipinski definition) is 4. The molecule has 33 heavy (non-hydrogen) atoms. The van der Waals surface area contributed by atoms with E-state index in [1.165, 1.54) is 10.5 Å². The molecule has 172 valence electrons. The van der Waals surface area contributed by atoms with E-state index in [1.54, 1.807) is 30.9 Å². The number of ether oxygens (including phenoxy) is 1. The normalized spacial score (nSPS) is 18.3. The maximum absolute atomic E-state index is 13.2. The zero-order chi connectivity index (χ0) is 23.5.